The fraction of sp³-hybridized carbons (Fsp3) is 0.423. The molecule has 1 atom stereocenters. The van der Waals surface area contributed by atoms with Gasteiger partial charge in [0, 0.05) is 18.7 Å². The molecule has 0 radical (unpaired) electrons. The number of nitrogens with one attached hydrogen (secondary N) is 3. The minimum absolute atomic E-state index is 0.00482. The van der Waals surface area contributed by atoms with Gasteiger partial charge in [0.2, 0.25) is 0 Å². The van der Waals surface area contributed by atoms with Crippen LogP contribution in [0.3, 0.4) is 0 Å². The summed E-state index contributed by atoms with van der Waals surface area (Å²) in [6.07, 6.45) is 4.55. The summed E-state index contributed by atoms with van der Waals surface area (Å²) in [6, 6.07) is 14.8. The lowest BCUT2D eigenvalue weighted by Gasteiger charge is -2.26. The summed E-state index contributed by atoms with van der Waals surface area (Å²) in [5, 5.41) is 17.7. The molecule has 2 aliphatic rings. The minimum Gasteiger partial charge on any atom is -0.490 e. The number of hydrogen-bond acceptors (Lipinski definition) is 4. The topological polar surface area (TPSA) is 117 Å². The Morgan fingerprint density at radius 3 is 2.32 bits per heavy atom. The number of rotatable bonds is 8. The molecular formula is C26H31N3O5. The van der Waals surface area contributed by atoms with Gasteiger partial charge in [-0.1, -0.05) is 24.3 Å². The Kier molecular flexibility index (Phi) is 7.67. The van der Waals surface area contributed by atoms with E-state index in [1.807, 2.05) is 18.2 Å². The zero-order chi connectivity index (χ0) is 23.9. The molecule has 0 aliphatic heterocycles. The summed E-state index contributed by atoms with van der Waals surface area (Å²) in [6.45, 7) is 0.644. The molecule has 4 N–H and O–H groups in total. The zero-order valence-electron chi connectivity index (χ0n) is 19.1. The number of amides is 3. The fourth-order valence-electron chi connectivity index (χ4n) is 4.68. The van der Waals surface area contributed by atoms with Gasteiger partial charge in [0.25, 0.3) is 5.91 Å². The number of urea groups is 1. The van der Waals surface area contributed by atoms with Crippen molar-refractivity contribution in [2.75, 3.05) is 13.1 Å². The number of ether oxygens (including phenoxy) is 1. The number of carboxylic acid groups (broad SMARTS) is 1. The highest BCUT2D eigenvalue weighted by molar-refractivity contribution is 5.94. The van der Waals surface area contributed by atoms with E-state index in [4.69, 9.17) is 9.84 Å². The van der Waals surface area contributed by atoms with Crippen LogP contribution in [-0.2, 0) is 11.2 Å². The maximum Gasteiger partial charge on any atom is 0.315 e. The molecule has 2 aromatic rings. The van der Waals surface area contributed by atoms with Crippen LogP contribution in [0.5, 0.6) is 5.75 Å². The van der Waals surface area contributed by atoms with Gasteiger partial charge in [-0.25, -0.2) is 4.79 Å². The maximum absolute atomic E-state index is 12.4. The van der Waals surface area contributed by atoms with Crippen LogP contribution in [-0.4, -0.2) is 42.2 Å². The number of fused-ring (bicyclic) bond motifs is 1. The molecule has 0 spiro atoms. The molecular weight excluding hydrogens is 434 g/mol. The van der Waals surface area contributed by atoms with Gasteiger partial charge in [-0.2, -0.15) is 0 Å². The lowest BCUT2D eigenvalue weighted by atomic mass is 9.87. The second kappa shape index (κ2) is 11.0. The van der Waals surface area contributed by atoms with Crippen molar-refractivity contribution >= 4 is 17.9 Å². The Balaban J connectivity index is 1.14. The third kappa shape index (κ3) is 6.07. The normalized spacial score (nSPS) is 21.2. The first-order valence-electron chi connectivity index (χ1n) is 11.9. The van der Waals surface area contributed by atoms with Crippen LogP contribution in [0.1, 0.15) is 59.6 Å². The monoisotopic (exact) mass is 465 g/mol. The van der Waals surface area contributed by atoms with E-state index in [1.54, 1.807) is 24.3 Å². The van der Waals surface area contributed by atoms with Gasteiger partial charge >= 0.3 is 12.0 Å². The third-order valence-electron chi connectivity index (χ3n) is 6.58. The summed E-state index contributed by atoms with van der Waals surface area (Å²) in [5.74, 6) is -0.558. The van der Waals surface area contributed by atoms with Crippen LogP contribution in [0.25, 0.3) is 0 Å². The standard InChI is InChI=1S/C26H31N3O5/c30-24(18-5-10-20(11-6-18)34-21-12-7-19(8-13-21)25(31)32)27-15-16-28-26(33)29-23-14-9-17-3-1-2-4-22(17)23/h1-6,10-11,19,21,23H,7-9,12-16H2,(H,27,30)(H,31,32)(H2,28,29,33)/t19-,21+,23-/m1/s1. The summed E-state index contributed by atoms with van der Waals surface area (Å²) in [5.41, 5.74) is 2.96. The molecule has 0 saturated heterocycles. The van der Waals surface area contributed by atoms with Gasteiger partial charge in [-0.3, -0.25) is 9.59 Å². The predicted molar refractivity (Wildman–Crippen MR) is 127 cm³/mol. The van der Waals surface area contributed by atoms with Gasteiger partial charge in [-0.05, 0) is 73.9 Å². The van der Waals surface area contributed by atoms with Crippen LogP contribution in [0.4, 0.5) is 4.79 Å². The molecule has 2 aromatic carbocycles. The van der Waals surface area contributed by atoms with Gasteiger partial charge in [-0.15, -0.1) is 0 Å². The molecule has 2 aliphatic carbocycles. The highest BCUT2D eigenvalue weighted by Crippen LogP contribution is 2.30. The first-order valence-corrected chi connectivity index (χ1v) is 11.9. The van der Waals surface area contributed by atoms with Gasteiger partial charge in [0.05, 0.1) is 18.1 Å². The minimum atomic E-state index is -0.732. The van der Waals surface area contributed by atoms with E-state index in [9.17, 15) is 14.4 Å². The van der Waals surface area contributed by atoms with Crippen molar-refractivity contribution in [3.05, 3.63) is 65.2 Å². The summed E-state index contributed by atoms with van der Waals surface area (Å²) in [7, 11) is 0. The molecule has 0 unspecified atom stereocenters. The zero-order valence-corrected chi connectivity index (χ0v) is 19.1. The largest absolute Gasteiger partial charge is 0.490 e. The van der Waals surface area contributed by atoms with Crippen LogP contribution in [0, 0.1) is 5.92 Å². The first kappa shape index (κ1) is 23.6. The number of carbonyl (C=O) groups is 3. The maximum atomic E-state index is 12.4. The van der Waals surface area contributed by atoms with Gasteiger partial charge in [0.15, 0.2) is 0 Å². The average molecular weight is 466 g/mol. The average Bonchev–Trinajstić information content (AvgIpc) is 3.25. The molecule has 8 nitrogen and oxygen atoms in total. The SMILES string of the molecule is O=C(NCCNC(=O)c1ccc(O[C@H]2CC[C@@H](C(=O)O)CC2)cc1)N[C@@H]1CCc2ccccc21. The van der Waals surface area contributed by atoms with E-state index < -0.39 is 5.97 Å². The third-order valence-corrected chi connectivity index (χ3v) is 6.58. The molecule has 3 amide bonds. The van der Waals surface area contributed by atoms with E-state index in [0.717, 1.165) is 12.8 Å². The quantitative estimate of drug-likeness (QED) is 0.446. The summed E-state index contributed by atoms with van der Waals surface area (Å²) < 4.78 is 5.94. The molecule has 180 valence electrons. The Hall–Kier alpha value is -3.55. The lowest BCUT2D eigenvalue weighted by molar-refractivity contribution is -0.143. The first-order chi connectivity index (χ1) is 16.5. The molecule has 4 rings (SSSR count). The Morgan fingerprint density at radius 2 is 1.59 bits per heavy atom. The molecule has 34 heavy (non-hydrogen) atoms. The van der Waals surface area contributed by atoms with Crippen molar-refractivity contribution < 1.29 is 24.2 Å². The van der Waals surface area contributed by atoms with Gasteiger partial charge in [0.1, 0.15) is 5.75 Å². The highest BCUT2D eigenvalue weighted by Gasteiger charge is 2.27. The van der Waals surface area contributed by atoms with Crippen molar-refractivity contribution in [1.29, 1.82) is 0 Å². The van der Waals surface area contributed by atoms with Crippen LogP contribution in [0.2, 0.25) is 0 Å². The molecule has 1 fully saturated rings. The number of carbonyl (C=O) groups excluding carboxylic acids is 2. The second-order valence-electron chi connectivity index (χ2n) is 8.90. The predicted octanol–water partition coefficient (Wildman–Crippen LogP) is 3.43. The van der Waals surface area contributed by atoms with Crippen molar-refractivity contribution in [1.82, 2.24) is 16.0 Å². The Labute approximate surface area is 199 Å². The van der Waals surface area contributed by atoms with Crippen LogP contribution in [0.15, 0.2) is 48.5 Å². The second-order valence-corrected chi connectivity index (χ2v) is 8.90. The number of hydrogen-bond donors (Lipinski definition) is 4. The highest BCUT2D eigenvalue weighted by atomic mass is 16.5. The van der Waals surface area contributed by atoms with Crippen LogP contribution < -0.4 is 20.7 Å². The van der Waals surface area contributed by atoms with E-state index in [1.165, 1.54) is 11.1 Å². The van der Waals surface area contributed by atoms with E-state index >= 15 is 0 Å². The fourth-order valence-corrected chi connectivity index (χ4v) is 4.68. The Morgan fingerprint density at radius 1 is 0.882 bits per heavy atom. The number of benzene rings is 2. The van der Waals surface area contributed by atoms with E-state index in [-0.39, 0.29) is 30.0 Å². The molecule has 1 saturated carbocycles. The van der Waals surface area contributed by atoms with Crippen molar-refractivity contribution in [2.45, 2.75) is 50.7 Å². The summed E-state index contributed by atoms with van der Waals surface area (Å²) in [4.78, 5) is 35.6. The van der Waals surface area contributed by atoms with Crippen LogP contribution >= 0.6 is 0 Å². The number of carboxylic acids is 1. The smallest absolute Gasteiger partial charge is 0.315 e. The van der Waals surface area contributed by atoms with Gasteiger partial charge < -0.3 is 25.8 Å². The van der Waals surface area contributed by atoms with E-state index in [0.29, 0.717) is 50.1 Å². The molecule has 0 heterocycles. The van der Waals surface area contributed by atoms with E-state index in [2.05, 4.69) is 22.0 Å². The Bertz CT molecular complexity index is 1020. The van der Waals surface area contributed by atoms with Crippen molar-refractivity contribution in [3.63, 3.8) is 0 Å². The number of aryl methyl sites for hydroxylation is 1. The number of aliphatic carboxylic acids is 1. The molecule has 8 heteroatoms. The van der Waals surface area contributed by atoms with Crippen molar-refractivity contribution in [3.8, 4) is 5.75 Å². The summed E-state index contributed by atoms with van der Waals surface area (Å²) >= 11 is 0. The lowest BCUT2D eigenvalue weighted by Crippen LogP contribution is -2.41. The molecule has 0 bridgehead atoms. The molecule has 0 aromatic heterocycles. The van der Waals surface area contributed by atoms with Crippen molar-refractivity contribution in [2.24, 2.45) is 5.92 Å².